The van der Waals surface area contributed by atoms with E-state index in [0.717, 1.165) is 12.8 Å². The number of rotatable bonds is 3. The molecule has 1 aromatic rings. The van der Waals surface area contributed by atoms with Crippen LogP contribution in [-0.4, -0.2) is 37.3 Å². The minimum absolute atomic E-state index is 0.201. The Morgan fingerprint density at radius 1 is 1.22 bits per heavy atom. The van der Waals surface area contributed by atoms with Gasteiger partial charge in [-0.15, -0.1) is 0 Å². The van der Waals surface area contributed by atoms with Gasteiger partial charge in [-0.25, -0.2) is 8.42 Å². The molecule has 0 spiro atoms. The molecule has 1 unspecified atom stereocenters. The number of nitrogens with zero attached hydrogens (tertiary/aromatic N) is 1. The molecule has 0 radical (unpaired) electrons. The zero-order valence-electron chi connectivity index (χ0n) is 14.3. The van der Waals surface area contributed by atoms with Crippen LogP contribution in [0, 0.1) is 5.92 Å². The van der Waals surface area contributed by atoms with E-state index >= 15 is 0 Å². The highest BCUT2D eigenvalue weighted by Crippen LogP contribution is 2.23. The molecular weight excluding hydrogens is 312 g/mol. The molecule has 0 saturated carbocycles. The molecule has 1 atom stereocenters. The quantitative estimate of drug-likeness (QED) is 0.921. The Bertz CT molecular complexity index is 660. The van der Waals surface area contributed by atoms with Gasteiger partial charge in [0.15, 0.2) is 0 Å². The van der Waals surface area contributed by atoms with Crippen molar-refractivity contribution >= 4 is 15.9 Å². The van der Waals surface area contributed by atoms with Gasteiger partial charge in [0.05, 0.1) is 4.90 Å². The maximum atomic E-state index is 12.7. The van der Waals surface area contributed by atoms with Crippen molar-refractivity contribution in [2.45, 2.75) is 51.0 Å². The fraction of sp³-hybridized carbons (Fsp3) is 0.588. The maximum absolute atomic E-state index is 12.7. The topological polar surface area (TPSA) is 66.5 Å². The van der Waals surface area contributed by atoms with E-state index in [-0.39, 0.29) is 16.3 Å². The summed E-state index contributed by atoms with van der Waals surface area (Å²) in [4.78, 5) is 12.3. The first-order valence-corrected chi connectivity index (χ1v) is 9.46. The third-order valence-electron chi connectivity index (χ3n) is 3.86. The Balaban J connectivity index is 2.17. The number of amides is 1. The third kappa shape index (κ3) is 4.54. The van der Waals surface area contributed by atoms with E-state index in [1.54, 1.807) is 16.4 Å². The lowest BCUT2D eigenvalue weighted by atomic mass is 10.0. The average Bonchev–Trinajstić information content (AvgIpc) is 2.45. The number of piperidine rings is 1. The molecule has 1 aliphatic rings. The van der Waals surface area contributed by atoms with E-state index in [9.17, 15) is 13.2 Å². The van der Waals surface area contributed by atoms with Crippen molar-refractivity contribution in [1.29, 1.82) is 0 Å². The van der Waals surface area contributed by atoms with Gasteiger partial charge >= 0.3 is 0 Å². The predicted octanol–water partition coefficient (Wildman–Crippen LogP) is 2.64. The molecule has 23 heavy (non-hydrogen) atoms. The normalized spacial score (nSPS) is 20.3. The summed E-state index contributed by atoms with van der Waals surface area (Å²) in [6, 6.07) is 6.18. The number of carbonyl (C=O) groups is 1. The molecule has 1 N–H and O–H groups in total. The molecule has 6 heteroatoms. The Labute approximate surface area is 139 Å². The van der Waals surface area contributed by atoms with E-state index in [1.807, 2.05) is 20.8 Å². The van der Waals surface area contributed by atoms with Gasteiger partial charge in [0.1, 0.15) is 0 Å². The van der Waals surface area contributed by atoms with Gasteiger partial charge < -0.3 is 5.32 Å². The zero-order valence-corrected chi connectivity index (χ0v) is 15.1. The fourth-order valence-corrected chi connectivity index (χ4v) is 4.30. The lowest BCUT2D eigenvalue weighted by Crippen LogP contribution is -2.40. The van der Waals surface area contributed by atoms with Crippen LogP contribution in [0.5, 0.6) is 0 Å². The van der Waals surface area contributed by atoms with E-state index in [1.165, 1.54) is 12.1 Å². The lowest BCUT2D eigenvalue weighted by molar-refractivity contribution is 0.0919. The molecule has 0 aromatic heterocycles. The second kappa shape index (κ2) is 6.61. The zero-order chi connectivity index (χ0) is 17.3. The molecule has 1 aromatic carbocycles. The summed E-state index contributed by atoms with van der Waals surface area (Å²) in [6.07, 6.45) is 1.96. The van der Waals surface area contributed by atoms with Crippen molar-refractivity contribution in [3.05, 3.63) is 29.8 Å². The van der Waals surface area contributed by atoms with Crippen LogP contribution in [-0.2, 0) is 10.0 Å². The van der Waals surface area contributed by atoms with Crippen molar-refractivity contribution < 1.29 is 13.2 Å². The number of carbonyl (C=O) groups excluding carboxylic acids is 1. The molecular formula is C17H26N2O3S. The average molecular weight is 338 g/mol. The highest BCUT2D eigenvalue weighted by molar-refractivity contribution is 7.89. The van der Waals surface area contributed by atoms with Crippen LogP contribution in [0.15, 0.2) is 29.2 Å². The van der Waals surface area contributed by atoms with Gasteiger partial charge in [-0.1, -0.05) is 6.92 Å². The number of sulfonamides is 1. The van der Waals surface area contributed by atoms with Crippen molar-refractivity contribution in [2.75, 3.05) is 13.1 Å². The number of hydrogen-bond acceptors (Lipinski definition) is 3. The lowest BCUT2D eigenvalue weighted by Gasteiger charge is -2.30. The minimum Gasteiger partial charge on any atom is -0.347 e. The van der Waals surface area contributed by atoms with E-state index in [2.05, 4.69) is 12.2 Å². The van der Waals surface area contributed by atoms with Crippen molar-refractivity contribution in [3.63, 3.8) is 0 Å². The molecule has 128 valence electrons. The largest absolute Gasteiger partial charge is 0.347 e. The van der Waals surface area contributed by atoms with Gasteiger partial charge in [0, 0.05) is 24.2 Å². The van der Waals surface area contributed by atoms with Crippen LogP contribution < -0.4 is 5.32 Å². The Morgan fingerprint density at radius 2 is 1.83 bits per heavy atom. The molecule has 2 rings (SSSR count). The molecule has 5 nitrogen and oxygen atoms in total. The van der Waals surface area contributed by atoms with Gasteiger partial charge in [-0.05, 0) is 63.8 Å². The minimum atomic E-state index is -3.47. The molecule has 0 aliphatic carbocycles. The van der Waals surface area contributed by atoms with E-state index in [4.69, 9.17) is 0 Å². The smallest absolute Gasteiger partial charge is 0.251 e. The van der Waals surface area contributed by atoms with Crippen LogP contribution in [0.25, 0.3) is 0 Å². The number of hydrogen-bond donors (Lipinski definition) is 1. The molecule has 1 aliphatic heterocycles. The SMILES string of the molecule is CC1CCCN(S(=O)(=O)c2ccc(C(=O)NC(C)(C)C)cc2)C1. The first-order valence-electron chi connectivity index (χ1n) is 8.02. The van der Waals surface area contributed by atoms with E-state index < -0.39 is 10.0 Å². The fourth-order valence-electron chi connectivity index (χ4n) is 2.70. The van der Waals surface area contributed by atoms with Crippen molar-refractivity contribution in [2.24, 2.45) is 5.92 Å². The van der Waals surface area contributed by atoms with Crippen LogP contribution in [0.2, 0.25) is 0 Å². The Morgan fingerprint density at radius 3 is 2.35 bits per heavy atom. The first-order chi connectivity index (χ1) is 10.6. The van der Waals surface area contributed by atoms with Crippen LogP contribution in [0.1, 0.15) is 50.9 Å². The molecule has 0 bridgehead atoms. The van der Waals surface area contributed by atoms with Crippen molar-refractivity contribution in [1.82, 2.24) is 9.62 Å². The highest BCUT2D eigenvalue weighted by atomic mass is 32.2. The maximum Gasteiger partial charge on any atom is 0.251 e. The molecule has 1 heterocycles. The first kappa shape index (κ1) is 17.9. The van der Waals surface area contributed by atoms with Gasteiger partial charge in [0.2, 0.25) is 10.0 Å². The van der Waals surface area contributed by atoms with Crippen LogP contribution >= 0.6 is 0 Å². The van der Waals surface area contributed by atoms with Gasteiger partial charge in [0.25, 0.3) is 5.91 Å². The summed E-state index contributed by atoms with van der Waals surface area (Å²) in [5.74, 6) is 0.184. The summed E-state index contributed by atoms with van der Waals surface area (Å²) < 4.78 is 26.9. The summed E-state index contributed by atoms with van der Waals surface area (Å²) >= 11 is 0. The third-order valence-corrected chi connectivity index (χ3v) is 5.74. The molecule has 1 fully saturated rings. The summed E-state index contributed by atoms with van der Waals surface area (Å²) in [5, 5.41) is 2.86. The molecule has 1 saturated heterocycles. The second-order valence-electron chi connectivity index (χ2n) is 7.34. The van der Waals surface area contributed by atoms with Gasteiger partial charge in [-0.2, -0.15) is 4.31 Å². The predicted molar refractivity (Wildman–Crippen MR) is 90.8 cm³/mol. The Hall–Kier alpha value is -1.40. The van der Waals surface area contributed by atoms with Crippen LogP contribution in [0.3, 0.4) is 0 Å². The number of nitrogens with one attached hydrogen (secondary N) is 1. The summed E-state index contributed by atoms with van der Waals surface area (Å²) in [6.45, 7) is 8.92. The van der Waals surface area contributed by atoms with Crippen molar-refractivity contribution in [3.8, 4) is 0 Å². The van der Waals surface area contributed by atoms with Crippen LogP contribution in [0.4, 0.5) is 0 Å². The standard InChI is InChI=1S/C17H26N2O3S/c1-13-6-5-11-19(12-13)23(21,22)15-9-7-14(8-10-15)16(20)18-17(2,3)4/h7-10,13H,5-6,11-12H2,1-4H3,(H,18,20). The highest BCUT2D eigenvalue weighted by Gasteiger charge is 2.28. The second-order valence-corrected chi connectivity index (χ2v) is 9.28. The monoisotopic (exact) mass is 338 g/mol. The number of benzene rings is 1. The molecule has 1 amide bonds. The summed E-state index contributed by atoms with van der Waals surface area (Å²) in [7, 11) is -3.47. The van der Waals surface area contributed by atoms with E-state index in [0.29, 0.717) is 24.6 Å². The Kier molecular flexibility index (Phi) is 5.16. The van der Waals surface area contributed by atoms with Gasteiger partial charge in [-0.3, -0.25) is 4.79 Å². The summed E-state index contributed by atoms with van der Waals surface area (Å²) in [5.41, 5.74) is 0.136.